The summed E-state index contributed by atoms with van der Waals surface area (Å²) in [5.74, 6) is 0. The molecule has 4 nitrogen and oxygen atoms in total. The molecule has 80 valence electrons. The average Bonchev–Trinajstić information content (AvgIpc) is 1.43. The third-order valence-electron chi connectivity index (χ3n) is 0.991. The minimum absolute atomic E-state index is 1.33. The van der Waals surface area contributed by atoms with E-state index in [0.717, 1.165) is 0 Å². The molecule has 0 atom stereocenters. The van der Waals surface area contributed by atoms with Crippen molar-refractivity contribution in [2.45, 2.75) is 39.3 Å². The van der Waals surface area contributed by atoms with Crippen LogP contribution in [0.25, 0.3) is 0 Å². The van der Waals surface area contributed by atoms with Gasteiger partial charge in [0.25, 0.3) is 0 Å². The quantitative estimate of drug-likeness (QED) is 0.723. The minimum Gasteiger partial charge on any atom is -0.437 e. The number of hydrogen-bond donors (Lipinski definition) is 2. The maximum Gasteiger partial charge on any atom is 0.483 e. The van der Waals surface area contributed by atoms with Gasteiger partial charge in [-0.25, -0.2) is 0 Å². The summed E-state index contributed by atoms with van der Waals surface area (Å²) in [6, 6.07) is 0. The molecule has 0 aromatic heterocycles. The monoisotopic (exact) mass is 240 g/mol. The van der Waals surface area contributed by atoms with Crippen molar-refractivity contribution in [2.24, 2.45) is 0 Å². The lowest BCUT2D eigenvalue weighted by Gasteiger charge is -2.33. The van der Waals surface area contributed by atoms with Crippen LogP contribution < -0.4 is 0 Å². The van der Waals surface area contributed by atoms with E-state index < -0.39 is 25.7 Å². The Hall–Kier alpha value is 0.491. The van der Waals surface area contributed by atoms with E-state index in [0.29, 0.717) is 0 Å². The highest BCUT2D eigenvalue weighted by molar-refractivity contribution is 6.84. The molecule has 0 aliphatic carbocycles. The van der Waals surface area contributed by atoms with Crippen molar-refractivity contribution in [1.29, 1.82) is 0 Å². The molecule has 0 aromatic rings. The average molecular weight is 240 g/mol. The van der Waals surface area contributed by atoms with Gasteiger partial charge in [-0.05, 0) is 32.7 Å². The minimum atomic E-state index is -3.43. The number of hydrogen-bond acceptors (Lipinski definition) is 4. The largest absolute Gasteiger partial charge is 0.483 e. The van der Waals surface area contributed by atoms with Crippen molar-refractivity contribution in [1.82, 2.24) is 0 Å². The molecule has 0 aromatic carbocycles. The highest BCUT2D eigenvalue weighted by atomic mass is 28.5. The predicted octanol–water partition coefficient (Wildman–Crippen LogP) is 1.11. The Bertz CT molecular complexity index is 152. The fourth-order valence-electron chi connectivity index (χ4n) is 1.22. The molecule has 0 aliphatic heterocycles. The Morgan fingerprint density at radius 1 is 0.769 bits per heavy atom. The van der Waals surface area contributed by atoms with Crippen LogP contribution in [0.5, 0.6) is 0 Å². The lowest BCUT2D eigenvalue weighted by atomic mass is 11.8. The van der Waals surface area contributed by atoms with Gasteiger partial charge in [0.15, 0.2) is 8.32 Å². The van der Waals surface area contributed by atoms with E-state index in [2.05, 4.69) is 19.6 Å². The first-order valence-corrected chi connectivity index (χ1v) is 12.8. The van der Waals surface area contributed by atoms with Crippen LogP contribution in [-0.2, 0) is 8.23 Å². The van der Waals surface area contributed by atoms with Gasteiger partial charge in [0.05, 0.1) is 0 Å². The molecule has 0 amide bonds. The van der Waals surface area contributed by atoms with E-state index >= 15 is 0 Å². The van der Waals surface area contributed by atoms with Gasteiger partial charge in [-0.3, -0.25) is 0 Å². The maximum atomic E-state index is 9.19. The Morgan fingerprint density at radius 2 is 1.15 bits per heavy atom. The summed E-state index contributed by atoms with van der Waals surface area (Å²) in [6.45, 7) is 11.2. The van der Waals surface area contributed by atoms with Gasteiger partial charge in [0, 0.05) is 6.55 Å². The molecule has 0 radical (unpaired) electrons. The summed E-state index contributed by atoms with van der Waals surface area (Å²) in [6.07, 6.45) is 0. The van der Waals surface area contributed by atoms with E-state index in [1.54, 1.807) is 0 Å². The van der Waals surface area contributed by atoms with Crippen LogP contribution in [0.3, 0.4) is 0 Å². The zero-order chi connectivity index (χ0) is 10.9. The molecule has 0 spiro atoms. The summed E-state index contributed by atoms with van der Waals surface area (Å²) in [5.41, 5.74) is 0. The van der Waals surface area contributed by atoms with E-state index in [4.69, 9.17) is 8.23 Å². The van der Waals surface area contributed by atoms with Gasteiger partial charge in [-0.2, -0.15) is 0 Å². The van der Waals surface area contributed by atoms with E-state index in [1.165, 1.54) is 6.55 Å². The Kier molecular flexibility index (Phi) is 4.08. The van der Waals surface area contributed by atoms with Gasteiger partial charge in [0.1, 0.15) is 0 Å². The molecule has 0 bridgehead atoms. The molecule has 0 saturated heterocycles. The molecule has 0 fully saturated rings. The summed E-state index contributed by atoms with van der Waals surface area (Å²) < 4.78 is 11.0. The van der Waals surface area contributed by atoms with Crippen LogP contribution in [0.1, 0.15) is 0 Å². The van der Waals surface area contributed by atoms with Gasteiger partial charge in [-0.1, -0.05) is 0 Å². The van der Waals surface area contributed by atoms with E-state index in [9.17, 15) is 9.59 Å². The van der Waals surface area contributed by atoms with Crippen LogP contribution in [0, 0.1) is 0 Å². The topological polar surface area (TPSA) is 58.9 Å². The van der Waals surface area contributed by atoms with Gasteiger partial charge >= 0.3 is 17.4 Å². The molecule has 0 aliphatic rings. The second-order valence-electron chi connectivity index (χ2n) is 4.65. The lowest BCUT2D eigenvalue weighted by molar-refractivity contribution is 0.222. The molecule has 13 heavy (non-hydrogen) atoms. The highest BCUT2D eigenvalue weighted by Gasteiger charge is 2.39. The standard InChI is InChI=1S/C6H20O4Si3/c1-11(2,3)9-12(4,5)10-13(6,7)8/h7-8H,1-6H3. The molecule has 0 heterocycles. The molecule has 2 N–H and O–H groups in total. The molecular formula is C6H20O4Si3. The highest BCUT2D eigenvalue weighted by Crippen LogP contribution is 2.17. The Morgan fingerprint density at radius 3 is 1.38 bits per heavy atom. The molecule has 0 unspecified atom stereocenters. The fourth-order valence-corrected chi connectivity index (χ4v) is 11.4. The predicted molar refractivity (Wildman–Crippen MR) is 59.1 cm³/mol. The van der Waals surface area contributed by atoms with Gasteiger partial charge in [0.2, 0.25) is 0 Å². The van der Waals surface area contributed by atoms with Crippen LogP contribution in [0.15, 0.2) is 0 Å². The summed E-state index contributed by atoms with van der Waals surface area (Å²) in [5, 5.41) is 0. The Labute approximate surface area is 83.3 Å². The molecule has 0 rings (SSSR count). The van der Waals surface area contributed by atoms with Gasteiger partial charge < -0.3 is 17.8 Å². The summed E-state index contributed by atoms with van der Waals surface area (Å²) in [7, 11) is -7.44. The molecular weight excluding hydrogens is 220 g/mol. The first-order valence-electron chi connectivity index (χ1n) is 4.26. The first kappa shape index (κ1) is 13.5. The second-order valence-corrected chi connectivity index (χ2v) is 15.2. The Balaban J connectivity index is 4.25. The van der Waals surface area contributed by atoms with Gasteiger partial charge in [-0.15, -0.1) is 0 Å². The zero-order valence-electron chi connectivity index (χ0n) is 9.21. The third kappa shape index (κ3) is 8.81. The summed E-state index contributed by atoms with van der Waals surface area (Å²) >= 11 is 0. The van der Waals surface area contributed by atoms with Crippen molar-refractivity contribution < 1.29 is 17.8 Å². The number of rotatable bonds is 4. The molecule has 0 saturated carbocycles. The van der Waals surface area contributed by atoms with E-state index in [-0.39, 0.29) is 0 Å². The summed E-state index contributed by atoms with van der Waals surface area (Å²) in [4.78, 5) is 18.4. The van der Waals surface area contributed by atoms with Crippen molar-refractivity contribution >= 4 is 25.7 Å². The SMILES string of the molecule is C[Si](C)(C)O[Si](C)(C)O[Si](C)(O)O. The lowest BCUT2D eigenvalue weighted by Crippen LogP contribution is -2.52. The van der Waals surface area contributed by atoms with Crippen LogP contribution in [0.4, 0.5) is 0 Å². The third-order valence-corrected chi connectivity index (χ3v) is 8.92. The van der Waals surface area contributed by atoms with Crippen molar-refractivity contribution in [3.8, 4) is 0 Å². The fraction of sp³-hybridized carbons (Fsp3) is 1.00. The molecule has 7 heteroatoms. The van der Waals surface area contributed by atoms with E-state index in [1.807, 2.05) is 13.1 Å². The maximum absolute atomic E-state index is 9.19. The smallest absolute Gasteiger partial charge is 0.437 e. The zero-order valence-corrected chi connectivity index (χ0v) is 12.2. The first-order chi connectivity index (χ1) is 5.41. The van der Waals surface area contributed by atoms with Crippen LogP contribution in [-0.4, -0.2) is 35.3 Å². The van der Waals surface area contributed by atoms with Crippen LogP contribution >= 0.6 is 0 Å². The van der Waals surface area contributed by atoms with Crippen molar-refractivity contribution in [3.63, 3.8) is 0 Å². The van der Waals surface area contributed by atoms with Crippen molar-refractivity contribution in [3.05, 3.63) is 0 Å². The normalized spacial score (nSPS) is 14.8. The van der Waals surface area contributed by atoms with Crippen molar-refractivity contribution in [2.75, 3.05) is 0 Å². The van der Waals surface area contributed by atoms with Crippen LogP contribution in [0.2, 0.25) is 39.3 Å². The second kappa shape index (κ2) is 3.93.